The molecule has 20 heavy (non-hydrogen) atoms. The molecule has 0 aliphatic heterocycles. The molecular formula is C17H18ClFO. The summed E-state index contributed by atoms with van der Waals surface area (Å²) < 4.78 is 13.6. The summed E-state index contributed by atoms with van der Waals surface area (Å²) in [5.74, 6) is -0.511. The molecule has 0 fully saturated rings. The summed E-state index contributed by atoms with van der Waals surface area (Å²) in [5.41, 5.74) is 5.69. The highest BCUT2D eigenvalue weighted by atomic mass is 35.5. The Labute approximate surface area is 124 Å². The molecule has 0 aliphatic carbocycles. The maximum absolute atomic E-state index is 13.6. The minimum atomic E-state index is -0.847. The number of halogens is 2. The monoisotopic (exact) mass is 292 g/mol. The highest BCUT2D eigenvalue weighted by Gasteiger charge is 2.19. The first kappa shape index (κ1) is 15.0. The molecule has 1 unspecified atom stereocenters. The second-order valence-corrected chi connectivity index (χ2v) is 5.66. The Hall–Kier alpha value is -1.38. The molecule has 1 nitrogen and oxygen atoms in total. The number of rotatable bonds is 2. The van der Waals surface area contributed by atoms with Crippen LogP contribution in [0.1, 0.15) is 39.5 Å². The molecule has 106 valence electrons. The van der Waals surface area contributed by atoms with Crippen LogP contribution in [-0.4, -0.2) is 5.11 Å². The van der Waals surface area contributed by atoms with E-state index in [2.05, 4.69) is 6.07 Å². The minimum absolute atomic E-state index is 0.0646. The molecule has 1 atom stereocenters. The molecule has 0 aromatic heterocycles. The smallest absolute Gasteiger partial charge is 0.142 e. The van der Waals surface area contributed by atoms with Crippen LogP contribution in [0.25, 0.3) is 0 Å². The zero-order valence-corrected chi connectivity index (χ0v) is 12.8. The largest absolute Gasteiger partial charge is 0.384 e. The van der Waals surface area contributed by atoms with Crippen molar-refractivity contribution in [2.45, 2.75) is 33.8 Å². The van der Waals surface area contributed by atoms with Gasteiger partial charge in [0.1, 0.15) is 11.9 Å². The van der Waals surface area contributed by atoms with Crippen molar-refractivity contribution in [3.05, 3.63) is 68.5 Å². The van der Waals surface area contributed by atoms with E-state index in [1.165, 1.54) is 12.1 Å². The quantitative estimate of drug-likeness (QED) is 0.843. The number of aryl methyl sites for hydroxylation is 2. The van der Waals surface area contributed by atoms with Crippen LogP contribution >= 0.6 is 11.6 Å². The third kappa shape index (κ3) is 2.58. The van der Waals surface area contributed by atoms with Crippen molar-refractivity contribution in [2.24, 2.45) is 0 Å². The first-order valence-electron chi connectivity index (χ1n) is 6.53. The van der Waals surface area contributed by atoms with Gasteiger partial charge in [0.15, 0.2) is 0 Å². The Bertz CT molecular complexity index is 638. The minimum Gasteiger partial charge on any atom is -0.384 e. The molecule has 0 saturated heterocycles. The lowest BCUT2D eigenvalue weighted by molar-refractivity contribution is 0.218. The van der Waals surface area contributed by atoms with Crippen molar-refractivity contribution in [3.8, 4) is 0 Å². The fourth-order valence-electron chi connectivity index (χ4n) is 2.51. The molecule has 0 amide bonds. The van der Waals surface area contributed by atoms with E-state index in [0.29, 0.717) is 5.56 Å². The van der Waals surface area contributed by atoms with Crippen molar-refractivity contribution in [2.75, 3.05) is 0 Å². The summed E-state index contributed by atoms with van der Waals surface area (Å²) >= 11 is 5.69. The summed E-state index contributed by atoms with van der Waals surface area (Å²) in [6.45, 7) is 7.99. The third-order valence-electron chi connectivity index (χ3n) is 3.96. The van der Waals surface area contributed by atoms with Gasteiger partial charge in [-0.1, -0.05) is 23.7 Å². The van der Waals surface area contributed by atoms with Crippen LogP contribution in [0.15, 0.2) is 24.3 Å². The highest BCUT2D eigenvalue weighted by Crippen LogP contribution is 2.32. The fraction of sp³-hybridized carbons (Fsp3) is 0.294. The molecule has 0 spiro atoms. The van der Waals surface area contributed by atoms with Crippen LogP contribution in [0.3, 0.4) is 0 Å². The van der Waals surface area contributed by atoms with E-state index >= 15 is 0 Å². The second kappa shape index (κ2) is 5.55. The van der Waals surface area contributed by atoms with Crippen molar-refractivity contribution in [3.63, 3.8) is 0 Å². The van der Waals surface area contributed by atoms with Gasteiger partial charge in [-0.25, -0.2) is 4.39 Å². The van der Waals surface area contributed by atoms with Gasteiger partial charge in [0, 0.05) is 0 Å². The van der Waals surface area contributed by atoms with Crippen LogP contribution in [0.4, 0.5) is 4.39 Å². The first-order valence-corrected chi connectivity index (χ1v) is 6.91. The standard InChI is InChI=1S/C17H18ClFO/c1-9-7-10(2)12(4)16(11(9)3)17(20)13-5-6-14(18)15(19)8-13/h5-8,17,20H,1-4H3. The maximum Gasteiger partial charge on any atom is 0.142 e. The number of hydrogen-bond acceptors (Lipinski definition) is 1. The molecule has 0 radical (unpaired) electrons. The fourth-order valence-corrected chi connectivity index (χ4v) is 2.62. The molecule has 2 rings (SSSR count). The highest BCUT2D eigenvalue weighted by molar-refractivity contribution is 6.30. The normalized spacial score (nSPS) is 12.6. The zero-order chi connectivity index (χ0) is 15.0. The molecule has 1 N–H and O–H groups in total. The third-order valence-corrected chi connectivity index (χ3v) is 4.26. The van der Waals surface area contributed by atoms with Crippen molar-refractivity contribution >= 4 is 11.6 Å². The van der Waals surface area contributed by atoms with Gasteiger partial charge < -0.3 is 5.11 Å². The van der Waals surface area contributed by atoms with Crippen LogP contribution in [-0.2, 0) is 0 Å². The van der Waals surface area contributed by atoms with Crippen molar-refractivity contribution < 1.29 is 9.50 Å². The predicted octanol–water partition coefficient (Wildman–Crippen LogP) is 4.79. The Balaban J connectivity index is 2.58. The summed E-state index contributed by atoms with van der Waals surface area (Å²) in [6, 6.07) is 6.53. The van der Waals surface area contributed by atoms with Crippen LogP contribution in [0.5, 0.6) is 0 Å². The van der Waals surface area contributed by atoms with E-state index in [1.54, 1.807) is 6.07 Å². The predicted molar refractivity (Wildman–Crippen MR) is 80.9 cm³/mol. The first-order chi connectivity index (χ1) is 9.32. The average molecular weight is 293 g/mol. The lowest BCUT2D eigenvalue weighted by Gasteiger charge is -2.20. The number of hydrogen-bond donors (Lipinski definition) is 1. The maximum atomic E-state index is 13.6. The van der Waals surface area contributed by atoms with Gasteiger partial charge in [-0.2, -0.15) is 0 Å². The molecule has 0 heterocycles. The molecule has 2 aromatic rings. The van der Waals surface area contributed by atoms with Gasteiger partial charge in [0.05, 0.1) is 5.02 Å². The second-order valence-electron chi connectivity index (χ2n) is 5.25. The Morgan fingerprint density at radius 1 is 1.00 bits per heavy atom. The van der Waals surface area contributed by atoms with Gasteiger partial charge in [-0.15, -0.1) is 0 Å². The molecule has 0 saturated carbocycles. The van der Waals surface area contributed by atoms with E-state index in [4.69, 9.17) is 11.6 Å². The Morgan fingerprint density at radius 3 is 2.05 bits per heavy atom. The number of aliphatic hydroxyl groups is 1. The summed E-state index contributed by atoms with van der Waals surface area (Å²) in [7, 11) is 0. The lowest BCUT2D eigenvalue weighted by atomic mass is 9.88. The van der Waals surface area contributed by atoms with Gasteiger partial charge in [0.2, 0.25) is 0 Å². The Kier molecular flexibility index (Phi) is 4.17. The zero-order valence-electron chi connectivity index (χ0n) is 12.1. The lowest BCUT2D eigenvalue weighted by Crippen LogP contribution is -2.07. The SMILES string of the molecule is Cc1cc(C)c(C)c(C(O)c2ccc(Cl)c(F)c2)c1C. The van der Waals surface area contributed by atoms with Crippen LogP contribution in [0.2, 0.25) is 5.02 Å². The summed E-state index contributed by atoms with van der Waals surface area (Å²) in [5, 5.41) is 10.7. The van der Waals surface area contributed by atoms with E-state index in [0.717, 1.165) is 27.8 Å². The van der Waals surface area contributed by atoms with E-state index in [-0.39, 0.29) is 5.02 Å². The molecular weight excluding hydrogens is 275 g/mol. The molecule has 3 heteroatoms. The molecule has 0 aliphatic rings. The molecule has 0 bridgehead atoms. The topological polar surface area (TPSA) is 20.2 Å². The van der Waals surface area contributed by atoms with E-state index in [1.807, 2.05) is 27.7 Å². The Morgan fingerprint density at radius 2 is 1.55 bits per heavy atom. The van der Waals surface area contributed by atoms with Crippen LogP contribution < -0.4 is 0 Å². The summed E-state index contributed by atoms with van der Waals surface area (Å²) in [6.07, 6.45) is -0.847. The van der Waals surface area contributed by atoms with Crippen molar-refractivity contribution in [1.29, 1.82) is 0 Å². The van der Waals surface area contributed by atoms with Crippen molar-refractivity contribution in [1.82, 2.24) is 0 Å². The van der Waals surface area contributed by atoms with Gasteiger partial charge in [0.25, 0.3) is 0 Å². The number of benzene rings is 2. The van der Waals surface area contributed by atoms with Gasteiger partial charge in [-0.3, -0.25) is 0 Å². The van der Waals surface area contributed by atoms with Crippen LogP contribution in [0, 0.1) is 33.5 Å². The molecule has 2 aromatic carbocycles. The van der Waals surface area contributed by atoms with E-state index < -0.39 is 11.9 Å². The average Bonchev–Trinajstić information content (AvgIpc) is 2.40. The van der Waals surface area contributed by atoms with Gasteiger partial charge >= 0.3 is 0 Å². The number of aliphatic hydroxyl groups excluding tert-OH is 1. The van der Waals surface area contributed by atoms with E-state index in [9.17, 15) is 9.50 Å². The summed E-state index contributed by atoms with van der Waals surface area (Å²) in [4.78, 5) is 0. The van der Waals surface area contributed by atoms with Gasteiger partial charge in [-0.05, 0) is 73.2 Å².